The van der Waals surface area contributed by atoms with Crippen LogP contribution in [0.5, 0.6) is 0 Å². The Morgan fingerprint density at radius 1 is 0.886 bits per heavy atom. The number of amides is 3. The monoisotopic (exact) mass is 501 g/mol. The summed E-state index contributed by atoms with van der Waals surface area (Å²) in [4.78, 5) is 64.7. The van der Waals surface area contributed by atoms with Gasteiger partial charge in [-0.1, -0.05) is 34.1 Å². The van der Waals surface area contributed by atoms with E-state index in [1.165, 1.54) is 0 Å². The molecule has 0 aliphatic carbocycles. The van der Waals surface area contributed by atoms with Gasteiger partial charge in [-0.05, 0) is 24.7 Å². The third kappa shape index (κ3) is 12.0. The van der Waals surface area contributed by atoms with Gasteiger partial charge in [-0.15, -0.1) is 0 Å². The molecule has 0 aliphatic rings. The molecule has 0 rings (SSSR count). The molecular formula is C21H39N7O7. The van der Waals surface area contributed by atoms with E-state index in [1.807, 2.05) is 0 Å². The first-order chi connectivity index (χ1) is 16.2. The van der Waals surface area contributed by atoms with Crippen LogP contribution in [-0.2, 0) is 24.0 Å². The predicted octanol–water partition coefficient (Wildman–Crippen LogP) is -1.92. The van der Waals surface area contributed by atoms with Crippen LogP contribution in [0.1, 0.15) is 53.4 Å². The lowest BCUT2D eigenvalue weighted by Crippen LogP contribution is -2.59. The predicted molar refractivity (Wildman–Crippen MR) is 128 cm³/mol. The maximum absolute atomic E-state index is 13.0. The molecule has 0 spiro atoms. The van der Waals surface area contributed by atoms with E-state index >= 15 is 0 Å². The van der Waals surface area contributed by atoms with Gasteiger partial charge in [-0.25, -0.2) is 4.79 Å². The molecule has 0 saturated carbocycles. The maximum atomic E-state index is 13.0. The Morgan fingerprint density at radius 2 is 1.46 bits per heavy atom. The average Bonchev–Trinajstić information content (AvgIpc) is 2.75. The Bertz CT molecular complexity index is 784. The van der Waals surface area contributed by atoms with E-state index in [9.17, 15) is 34.2 Å². The minimum atomic E-state index is -1.56. The molecule has 200 valence electrons. The summed E-state index contributed by atoms with van der Waals surface area (Å²) in [7, 11) is 0. The van der Waals surface area contributed by atoms with Crippen LogP contribution in [0.3, 0.4) is 0 Å². The topological polar surface area (TPSA) is 252 Å². The number of carbonyl (C=O) groups is 5. The van der Waals surface area contributed by atoms with Crippen molar-refractivity contribution >= 4 is 35.6 Å². The van der Waals surface area contributed by atoms with E-state index in [4.69, 9.17) is 17.2 Å². The second kappa shape index (κ2) is 15.5. The number of hydrogen-bond donors (Lipinski definition) is 8. The lowest BCUT2D eigenvalue weighted by molar-refractivity contribution is -0.144. The first-order valence-electron chi connectivity index (χ1n) is 11.4. The highest BCUT2D eigenvalue weighted by Crippen LogP contribution is 2.10. The van der Waals surface area contributed by atoms with Crippen molar-refractivity contribution in [1.29, 1.82) is 0 Å². The Hall–Kier alpha value is -3.42. The molecule has 0 aromatic rings. The Labute approximate surface area is 204 Å². The van der Waals surface area contributed by atoms with E-state index in [1.54, 1.807) is 27.7 Å². The standard InChI is InChI=1S/C21H39N7O7/c1-5-11(4)16(28-17(31)12(22)7-6-8-25-21(23)24)19(33)26-13(9-14(29)30)18(32)27-15(10(2)3)20(34)35/h10-13,15-16H,5-9,22H2,1-4H3,(H,26,33)(H,27,32)(H,28,31)(H,29,30)(H,34,35)(H4,23,24,25). The number of aliphatic carboxylic acids is 2. The fourth-order valence-corrected chi connectivity index (χ4v) is 3.03. The van der Waals surface area contributed by atoms with Crippen LogP contribution in [0.15, 0.2) is 4.99 Å². The Balaban J connectivity index is 5.46. The van der Waals surface area contributed by atoms with Crippen molar-refractivity contribution in [3.63, 3.8) is 0 Å². The summed E-state index contributed by atoms with van der Waals surface area (Å²) in [5.41, 5.74) is 16.4. The third-order valence-corrected chi connectivity index (χ3v) is 5.34. The van der Waals surface area contributed by atoms with Gasteiger partial charge in [-0.3, -0.25) is 24.2 Å². The van der Waals surface area contributed by atoms with Gasteiger partial charge in [0.1, 0.15) is 18.1 Å². The van der Waals surface area contributed by atoms with Crippen molar-refractivity contribution in [2.24, 2.45) is 34.0 Å². The number of hydrogen-bond acceptors (Lipinski definition) is 7. The lowest BCUT2D eigenvalue weighted by atomic mass is 9.97. The van der Waals surface area contributed by atoms with Gasteiger partial charge in [-0.2, -0.15) is 0 Å². The van der Waals surface area contributed by atoms with Crippen LogP contribution in [0, 0.1) is 11.8 Å². The van der Waals surface area contributed by atoms with Crippen molar-refractivity contribution in [2.45, 2.75) is 77.5 Å². The summed E-state index contributed by atoms with van der Waals surface area (Å²) in [6.07, 6.45) is 0.358. The Morgan fingerprint density at radius 3 is 1.91 bits per heavy atom. The van der Waals surface area contributed by atoms with Crippen molar-refractivity contribution < 1.29 is 34.2 Å². The number of carboxylic acids is 2. The summed E-state index contributed by atoms with van der Waals surface area (Å²) >= 11 is 0. The normalized spacial score (nSPS) is 15.1. The number of carboxylic acid groups (broad SMARTS) is 2. The van der Waals surface area contributed by atoms with Gasteiger partial charge >= 0.3 is 11.9 Å². The van der Waals surface area contributed by atoms with Crippen LogP contribution < -0.4 is 33.2 Å². The van der Waals surface area contributed by atoms with E-state index in [0.717, 1.165) is 0 Å². The highest BCUT2D eigenvalue weighted by molar-refractivity contribution is 5.95. The first-order valence-corrected chi connectivity index (χ1v) is 11.4. The zero-order chi connectivity index (χ0) is 27.3. The molecule has 0 saturated heterocycles. The molecule has 5 unspecified atom stereocenters. The molecule has 0 aliphatic heterocycles. The highest BCUT2D eigenvalue weighted by atomic mass is 16.4. The molecule has 0 aromatic heterocycles. The van der Waals surface area contributed by atoms with Crippen LogP contribution in [0.2, 0.25) is 0 Å². The molecule has 5 atom stereocenters. The van der Waals surface area contributed by atoms with Crippen molar-refractivity contribution in [2.75, 3.05) is 6.54 Å². The second-order valence-electron chi connectivity index (χ2n) is 8.65. The molecule has 14 nitrogen and oxygen atoms in total. The van der Waals surface area contributed by atoms with E-state index in [2.05, 4.69) is 20.9 Å². The summed E-state index contributed by atoms with van der Waals surface area (Å²) in [5.74, 6) is -6.01. The van der Waals surface area contributed by atoms with E-state index in [-0.39, 0.29) is 24.8 Å². The van der Waals surface area contributed by atoms with Crippen LogP contribution in [0.4, 0.5) is 0 Å². The SMILES string of the molecule is CCC(C)C(NC(=O)C(N)CCCN=C(N)N)C(=O)NC(CC(=O)O)C(=O)NC(C(=O)O)C(C)C. The van der Waals surface area contributed by atoms with Crippen LogP contribution >= 0.6 is 0 Å². The molecule has 0 aromatic carbocycles. The fraction of sp³-hybridized carbons (Fsp3) is 0.714. The second-order valence-corrected chi connectivity index (χ2v) is 8.65. The quantitative estimate of drug-likeness (QED) is 0.0661. The van der Waals surface area contributed by atoms with Crippen LogP contribution in [-0.4, -0.2) is 76.5 Å². The molecule has 0 fully saturated rings. The van der Waals surface area contributed by atoms with E-state index < -0.39 is 66.2 Å². The smallest absolute Gasteiger partial charge is 0.326 e. The third-order valence-electron chi connectivity index (χ3n) is 5.34. The van der Waals surface area contributed by atoms with Gasteiger partial charge in [0.15, 0.2) is 5.96 Å². The molecule has 0 heterocycles. The number of rotatable bonds is 16. The minimum Gasteiger partial charge on any atom is -0.481 e. The van der Waals surface area contributed by atoms with Gasteiger partial charge in [0, 0.05) is 6.54 Å². The number of guanidine groups is 1. The maximum Gasteiger partial charge on any atom is 0.326 e. The number of nitrogens with zero attached hydrogens (tertiary/aromatic N) is 1. The minimum absolute atomic E-state index is 0.0837. The van der Waals surface area contributed by atoms with Gasteiger partial charge in [0.25, 0.3) is 0 Å². The molecule has 11 N–H and O–H groups in total. The van der Waals surface area contributed by atoms with Crippen molar-refractivity contribution in [1.82, 2.24) is 16.0 Å². The lowest BCUT2D eigenvalue weighted by Gasteiger charge is -2.28. The number of aliphatic imine (C=N–C) groups is 1. The zero-order valence-corrected chi connectivity index (χ0v) is 20.6. The molecule has 35 heavy (non-hydrogen) atoms. The van der Waals surface area contributed by atoms with Crippen LogP contribution in [0.25, 0.3) is 0 Å². The molecule has 14 heteroatoms. The number of nitrogens with two attached hydrogens (primary N) is 3. The van der Waals surface area contributed by atoms with Gasteiger partial charge in [0.05, 0.1) is 12.5 Å². The summed E-state index contributed by atoms with van der Waals surface area (Å²) in [6, 6.07) is -4.90. The summed E-state index contributed by atoms with van der Waals surface area (Å²) in [5, 5.41) is 25.6. The molecule has 0 radical (unpaired) electrons. The highest BCUT2D eigenvalue weighted by Gasteiger charge is 2.34. The number of nitrogens with one attached hydrogen (secondary N) is 3. The summed E-state index contributed by atoms with van der Waals surface area (Å²) < 4.78 is 0. The fourth-order valence-electron chi connectivity index (χ4n) is 3.03. The van der Waals surface area contributed by atoms with E-state index in [0.29, 0.717) is 12.8 Å². The Kier molecular flexibility index (Phi) is 14.0. The van der Waals surface area contributed by atoms with Crippen molar-refractivity contribution in [3.8, 4) is 0 Å². The van der Waals surface area contributed by atoms with Gasteiger partial charge in [0.2, 0.25) is 17.7 Å². The molecule has 3 amide bonds. The molecular weight excluding hydrogens is 462 g/mol. The van der Waals surface area contributed by atoms with Gasteiger partial charge < -0.3 is 43.4 Å². The molecule has 0 bridgehead atoms. The number of carbonyl (C=O) groups excluding carboxylic acids is 3. The largest absolute Gasteiger partial charge is 0.481 e. The summed E-state index contributed by atoms with van der Waals surface area (Å²) in [6.45, 7) is 6.89. The first kappa shape index (κ1) is 31.6. The zero-order valence-electron chi connectivity index (χ0n) is 20.6. The average molecular weight is 502 g/mol. The van der Waals surface area contributed by atoms with Crippen molar-refractivity contribution in [3.05, 3.63) is 0 Å².